The van der Waals surface area contributed by atoms with Gasteiger partial charge in [0.05, 0.1) is 0 Å². The second-order valence-electron chi connectivity index (χ2n) is 8.66. The standard InChI is InChI=1S/C26H33N3O3/c1-5-28(6-2)26(32)20-12-9-13-22(15-20)27-25(31)23-16-19-10-7-8-11-21(19)17-29(23)24(30)14-18(3)4/h7-13,15,18,23H,5-6,14,16-17H2,1-4H3,(H,27,31). The number of carbonyl (C=O) groups is 3. The number of carbonyl (C=O) groups excluding carboxylic acids is 3. The van der Waals surface area contributed by atoms with Crippen LogP contribution in [0.3, 0.4) is 0 Å². The van der Waals surface area contributed by atoms with Crippen LogP contribution in [0.4, 0.5) is 5.69 Å². The van der Waals surface area contributed by atoms with Crippen molar-refractivity contribution in [3.05, 3.63) is 65.2 Å². The van der Waals surface area contributed by atoms with Crippen molar-refractivity contribution in [3.8, 4) is 0 Å². The van der Waals surface area contributed by atoms with Crippen LogP contribution in [-0.2, 0) is 22.6 Å². The number of hydrogen-bond acceptors (Lipinski definition) is 3. The number of hydrogen-bond donors (Lipinski definition) is 1. The maximum absolute atomic E-state index is 13.3. The molecule has 0 saturated heterocycles. The van der Waals surface area contributed by atoms with Gasteiger partial charge in [0.2, 0.25) is 11.8 Å². The van der Waals surface area contributed by atoms with E-state index in [0.717, 1.165) is 11.1 Å². The molecule has 1 N–H and O–H groups in total. The average molecular weight is 436 g/mol. The zero-order chi connectivity index (χ0) is 23.3. The van der Waals surface area contributed by atoms with Gasteiger partial charge in [-0.15, -0.1) is 0 Å². The Morgan fingerprint density at radius 2 is 1.72 bits per heavy atom. The molecule has 0 aliphatic carbocycles. The lowest BCUT2D eigenvalue weighted by molar-refractivity contribution is -0.140. The van der Waals surface area contributed by atoms with Gasteiger partial charge in [-0.05, 0) is 49.1 Å². The lowest BCUT2D eigenvalue weighted by Gasteiger charge is -2.36. The zero-order valence-corrected chi connectivity index (χ0v) is 19.4. The Balaban J connectivity index is 1.82. The third-order valence-corrected chi connectivity index (χ3v) is 5.88. The zero-order valence-electron chi connectivity index (χ0n) is 19.4. The van der Waals surface area contributed by atoms with Crippen LogP contribution in [0, 0.1) is 5.92 Å². The van der Waals surface area contributed by atoms with Crippen molar-refractivity contribution >= 4 is 23.4 Å². The fourth-order valence-electron chi connectivity index (χ4n) is 4.13. The number of anilines is 1. The number of amides is 3. The molecule has 3 rings (SSSR count). The number of nitrogens with one attached hydrogen (secondary N) is 1. The first-order valence-electron chi connectivity index (χ1n) is 11.4. The maximum atomic E-state index is 13.3. The molecular weight excluding hydrogens is 402 g/mol. The van der Waals surface area contributed by atoms with Gasteiger partial charge in [0.15, 0.2) is 0 Å². The Morgan fingerprint density at radius 3 is 2.38 bits per heavy atom. The van der Waals surface area contributed by atoms with Crippen molar-refractivity contribution in [2.75, 3.05) is 18.4 Å². The molecule has 0 fully saturated rings. The highest BCUT2D eigenvalue weighted by Gasteiger charge is 2.34. The van der Waals surface area contributed by atoms with Crippen LogP contribution >= 0.6 is 0 Å². The molecule has 3 amide bonds. The predicted molar refractivity (Wildman–Crippen MR) is 126 cm³/mol. The Bertz CT molecular complexity index is 982. The largest absolute Gasteiger partial charge is 0.339 e. The summed E-state index contributed by atoms with van der Waals surface area (Å²) in [6.07, 6.45) is 0.879. The summed E-state index contributed by atoms with van der Waals surface area (Å²) in [5.74, 6) is -0.0956. The van der Waals surface area contributed by atoms with E-state index in [4.69, 9.17) is 0 Å². The third-order valence-electron chi connectivity index (χ3n) is 5.88. The molecule has 32 heavy (non-hydrogen) atoms. The Hall–Kier alpha value is -3.15. The molecule has 1 aliphatic heterocycles. The summed E-state index contributed by atoms with van der Waals surface area (Å²) in [6, 6.07) is 14.4. The van der Waals surface area contributed by atoms with Gasteiger partial charge < -0.3 is 15.1 Å². The number of rotatable bonds is 7. The maximum Gasteiger partial charge on any atom is 0.253 e. The van der Waals surface area contributed by atoms with Gasteiger partial charge in [-0.1, -0.05) is 44.2 Å². The molecule has 0 saturated carbocycles. The molecule has 0 radical (unpaired) electrons. The van der Waals surface area contributed by atoms with Crippen LogP contribution in [0.2, 0.25) is 0 Å². The molecule has 0 spiro atoms. The second kappa shape index (κ2) is 10.4. The molecule has 1 heterocycles. The van der Waals surface area contributed by atoms with E-state index in [1.807, 2.05) is 52.0 Å². The van der Waals surface area contributed by atoms with E-state index in [-0.39, 0.29) is 23.6 Å². The van der Waals surface area contributed by atoms with Gasteiger partial charge in [0, 0.05) is 43.7 Å². The van der Waals surface area contributed by atoms with Crippen molar-refractivity contribution < 1.29 is 14.4 Å². The molecule has 1 aliphatic rings. The molecular formula is C26H33N3O3. The van der Waals surface area contributed by atoms with Crippen LogP contribution in [0.5, 0.6) is 0 Å². The molecule has 6 heteroatoms. The van der Waals surface area contributed by atoms with Gasteiger partial charge in [-0.25, -0.2) is 0 Å². The molecule has 1 unspecified atom stereocenters. The summed E-state index contributed by atoms with van der Waals surface area (Å²) in [5, 5.41) is 2.95. The lowest BCUT2D eigenvalue weighted by atomic mass is 9.92. The topological polar surface area (TPSA) is 69.7 Å². The molecule has 0 bridgehead atoms. The number of benzene rings is 2. The fraction of sp³-hybridized carbons (Fsp3) is 0.423. The molecule has 6 nitrogen and oxygen atoms in total. The average Bonchev–Trinajstić information content (AvgIpc) is 2.78. The smallest absolute Gasteiger partial charge is 0.253 e. The minimum atomic E-state index is -0.585. The van der Waals surface area contributed by atoms with Gasteiger partial charge in [-0.2, -0.15) is 0 Å². The van der Waals surface area contributed by atoms with Crippen molar-refractivity contribution in [2.24, 2.45) is 5.92 Å². The normalized spacial score (nSPS) is 15.3. The molecule has 0 aromatic heterocycles. The Kier molecular flexibility index (Phi) is 7.67. The Labute approximate surface area is 190 Å². The van der Waals surface area contributed by atoms with Gasteiger partial charge >= 0.3 is 0 Å². The van der Waals surface area contributed by atoms with E-state index in [1.165, 1.54) is 0 Å². The summed E-state index contributed by atoms with van der Waals surface area (Å²) in [4.78, 5) is 42.4. The molecule has 1 atom stereocenters. The summed E-state index contributed by atoms with van der Waals surface area (Å²) >= 11 is 0. The SMILES string of the molecule is CCN(CC)C(=O)c1cccc(NC(=O)C2Cc3ccccc3CN2C(=O)CC(C)C)c1. The van der Waals surface area contributed by atoms with E-state index in [1.54, 1.807) is 34.1 Å². The van der Waals surface area contributed by atoms with Crippen LogP contribution in [0.15, 0.2) is 48.5 Å². The monoisotopic (exact) mass is 435 g/mol. The van der Waals surface area contributed by atoms with Crippen LogP contribution in [0.25, 0.3) is 0 Å². The second-order valence-corrected chi connectivity index (χ2v) is 8.66. The fourth-order valence-corrected chi connectivity index (χ4v) is 4.13. The summed E-state index contributed by atoms with van der Waals surface area (Å²) < 4.78 is 0. The van der Waals surface area contributed by atoms with Crippen LogP contribution in [-0.4, -0.2) is 46.7 Å². The van der Waals surface area contributed by atoms with Gasteiger partial charge in [0.25, 0.3) is 5.91 Å². The van der Waals surface area contributed by atoms with E-state index < -0.39 is 6.04 Å². The summed E-state index contributed by atoms with van der Waals surface area (Å²) in [5.41, 5.74) is 3.27. The van der Waals surface area contributed by atoms with Crippen molar-refractivity contribution in [3.63, 3.8) is 0 Å². The van der Waals surface area contributed by atoms with Gasteiger partial charge in [0.1, 0.15) is 6.04 Å². The summed E-state index contributed by atoms with van der Waals surface area (Å²) in [6.45, 7) is 9.57. The highest BCUT2D eigenvalue weighted by molar-refractivity contribution is 6.00. The van der Waals surface area contributed by atoms with Crippen molar-refractivity contribution in [1.29, 1.82) is 0 Å². The minimum Gasteiger partial charge on any atom is -0.339 e. The van der Waals surface area contributed by atoms with Gasteiger partial charge in [-0.3, -0.25) is 14.4 Å². The third kappa shape index (κ3) is 5.36. The molecule has 2 aromatic carbocycles. The highest BCUT2D eigenvalue weighted by Crippen LogP contribution is 2.26. The quantitative estimate of drug-likeness (QED) is 0.712. The number of fused-ring (bicyclic) bond motifs is 1. The predicted octanol–water partition coefficient (Wildman–Crippen LogP) is 4.11. The summed E-state index contributed by atoms with van der Waals surface area (Å²) in [7, 11) is 0. The van der Waals surface area contributed by atoms with Crippen LogP contribution in [0.1, 0.15) is 55.6 Å². The van der Waals surface area contributed by atoms with E-state index in [0.29, 0.717) is 43.7 Å². The lowest BCUT2D eigenvalue weighted by Crippen LogP contribution is -2.50. The first kappa shape index (κ1) is 23.5. The van der Waals surface area contributed by atoms with E-state index in [2.05, 4.69) is 5.32 Å². The first-order chi connectivity index (χ1) is 15.3. The van der Waals surface area contributed by atoms with E-state index in [9.17, 15) is 14.4 Å². The van der Waals surface area contributed by atoms with Crippen molar-refractivity contribution in [1.82, 2.24) is 9.80 Å². The molecule has 170 valence electrons. The molecule has 2 aromatic rings. The van der Waals surface area contributed by atoms with E-state index >= 15 is 0 Å². The highest BCUT2D eigenvalue weighted by atomic mass is 16.2. The minimum absolute atomic E-state index is 0.0138. The van der Waals surface area contributed by atoms with Crippen LogP contribution < -0.4 is 5.32 Å². The number of nitrogens with zero attached hydrogens (tertiary/aromatic N) is 2. The van der Waals surface area contributed by atoms with Crippen molar-refractivity contribution in [2.45, 2.75) is 53.1 Å². The first-order valence-corrected chi connectivity index (χ1v) is 11.4. The Morgan fingerprint density at radius 1 is 1.03 bits per heavy atom.